The fourth-order valence-electron chi connectivity index (χ4n) is 4.57. The van der Waals surface area contributed by atoms with Crippen molar-refractivity contribution < 1.29 is 4.79 Å². The summed E-state index contributed by atoms with van der Waals surface area (Å²) in [7, 11) is 5.56. The van der Waals surface area contributed by atoms with Gasteiger partial charge in [-0.05, 0) is 37.5 Å². The highest BCUT2D eigenvalue weighted by Crippen LogP contribution is 2.39. The Morgan fingerprint density at radius 2 is 1.86 bits per heavy atom. The van der Waals surface area contributed by atoms with Gasteiger partial charge in [-0.3, -0.25) is 9.79 Å². The molecule has 2 fully saturated rings. The highest BCUT2D eigenvalue weighted by Gasteiger charge is 2.42. The average molecular weight is 386 g/mol. The van der Waals surface area contributed by atoms with Gasteiger partial charge < -0.3 is 20.0 Å². The predicted molar refractivity (Wildman–Crippen MR) is 116 cm³/mol. The molecule has 0 aromatic heterocycles. The molecule has 3 rings (SSSR count). The SMILES string of the molecule is CN=C(NCC1(C(=O)N(C)C)CCCC1)N1CCN(c2cccc(C)c2)CC1. The van der Waals surface area contributed by atoms with Gasteiger partial charge in [0.1, 0.15) is 0 Å². The zero-order valence-corrected chi connectivity index (χ0v) is 17.9. The third-order valence-corrected chi connectivity index (χ3v) is 6.16. The monoisotopic (exact) mass is 385 g/mol. The van der Waals surface area contributed by atoms with Gasteiger partial charge in [0.05, 0.1) is 5.41 Å². The number of nitrogens with one attached hydrogen (secondary N) is 1. The van der Waals surface area contributed by atoms with Crippen LogP contribution in [0.15, 0.2) is 29.3 Å². The first kappa shape index (κ1) is 20.5. The van der Waals surface area contributed by atoms with Crippen LogP contribution in [0, 0.1) is 12.3 Å². The number of aliphatic imine (C=N–C) groups is 1. The molecule has 6 heteroatoms. The van der Waals surface area contributed by atoms with Gasteiger partial charge >= 0.3 is 0 Å². The minimum absolute atomic E-state index is 0.247. The van der Waals surface area contributed by atoms with Gasteiger partial charge in [-0.15, -0.1) is 0 Å². The fourth-order valence-corrected chi connectivity index (χ4v) is 4.57. The lowest BCUT2D eigenvalue weighted by Gasteiger charge is -2.39. The summed E-state index contributed by atoms with van der Waals surface area (Å²) in [6.45, 7) is 6.64. The van der Waals surface area contributed by atoms with Gasteiger partial charge in [0.25, 0.3) is 0 Å². The van der Waals surface area contributed by atoms with Crippen LogP contribution < -0.4 is 10.2 Å². The molecule has 1 aromatic carbocycles. The summed E-state index contributed by atoms with van der Waals surface area (Å²) in [6, 6.07) is 8.70. The number of hydrogen-bond donors (Lipinski definition) is 1. The average Bonchev–Trinajstić information content (AvgIpc) is 3.18. The Morgan fingerprint density at radius 3 is 2.43 bits per heavy atom. The number of rotatable bonds is 4. The molecule has 1 aliphatic heterocycles. The van der Waals surface area contributed by atoms with Gasteiger partial charge in [0, 0.05) is 59.6 Å². The lowest BCUT2D eigenvalue weighted by Crippen LogP contribution is -2.55. The molecule has 6 nitrogen and oxygen atoms in total. The van der Waals surface area contributed by atoms with E-state index in [9.17, 15) is 4.79 Å². The molecule has 0 bridgehead atoms. The summed E-state index contributed by atoms with van der Waals surface area (Å²) in [6.07, 6.45) is 4.20. The van der Waals surface area contributed by atoms with Crippen LogP contribution >= 0.6 is 0 Å². The summed E-state index contributed by atoms with van der Waals surface area (Å²) in [5.41, 5.74) is 2.32. The first-order valence-electron chi connectivity index (χ1n) is 10.4. The third kappa shape index (κ3) is 4.42. The van der Waals surface area contributed by atoms with Crippen molar-refractivity contribution in [1.82, 2.24) is 15.1 Å². The number of guanidine groups is 1. The van der Waals surface area contributed by atoms with Crippen molar-refractivity contribution in [3.63, 3.8) is 0 Å². The van der Waals surface area contributed by atoms with Crippen molar-refractivity contribution in [2.75, 3.05) is 58.8 Å². The number of benzene rings is 1. The van der Waals surface area contributed by atoms with E-state index in [0.717, 1.165) is 57.8 Å². The molecule has 1 heterocycles. The van der Waals surface area contributed by atoms with Crippen LogP contribution in [-0.2, 0) is 4.79 Å². The molecule has 1 saturated carbocycles. The van der Waals surface area contributed by atoms with Crippen molar-refractivity contribution >= 4 is 17.6 Å². The van der Waals surface area contributed by atoms with E-state index in [0.29, 0.717) is 6.54 Å². The maximum Gasteiger partial charge on any atom is 0.230 e. The topological polar surface area (TPSA) is 51.2 Å². The van der Waals surface area contributed by atoms with Crippen LogP contribution in [0.5, 0.6) is 0 Å². The van der Waals surface area contributed by atoms with E-state index >= 15 is 0 Å². The quantitative estimate of drug-likeness (QED) is 0.639. The molecular weight excluding hydrogens is 350 g/mol. The first-order chi connectivity index (χ1) is 13.4. The minimum Gasteiger partial charge on any atom is -0.368 e. The number of carbonyl (C=O) groups excluding carboxylic acids is 1. The number of amides is 1. The second-order valence-electron chi connectivity index (χ2n) is 8.40. The molecule has 1 aliphatic carbocycles. The van der Waals surface area contributed by atoms with E-state index in [1.807, 2.05) is 21.1 Å². The molecule has 1 aromatic rings. The second-order valence-corrected chi connectivity index (χ2v) is 8.40. The largest absolute Gasteiger partial charge is 0.368 e. The van der Waals surface area contributed by atoms with Crippen molar-refractivity contribution in [3.8, 4) is 0 Å². The lowest BCUT2D eigenvalue weighted by atomic mass is 9.84. The summed E-state index contributed by atoms with van der Waals surface area (Å²) < 4.78 is 0. The Balaban J connectivity index is 1.58. The molecule has 28 heavy (non-hydrogen) atoms. The molecular formula is C22H35N5O. The number of anilines is 1. The summed E-state index contributed by atoms with van der Waals surface area (Å²) in [5.74, 6) is 1.17. The Kier molecular flexibility index (Phi) is 6.47. The van der Waals surface area contributed by atoms with E-state index in [-0.39, 0.29) is 11.3 Å². The zero-order chi connectivity index (χ0) is 20.1. The Morgan fingerprint density at radius 1 is 1.18 bits per heavy atom. The van der Waals surface area contributed by atoms with Crippen molar-refractivity contribution in [2.24, 2.45) is 10.4 Å². The van der Waals surface area contributed by atoms with Crippen LogP contribution in [0.3, 0.4) is 0 Å². The zero-order valence-electron chi connectivity index (χ0n) is 17.9. The van der Waals surface area contributed by atoms with Gasteiger partial charge in [-0.2, -0.15) is 0 Å². The fraction of sp³-hybridized carbons (Fsp3) is 0.636. The van der Waals surface area contributed by atoms with Gasteiger partial charge in [0.2, 0.25) is 5.91 Å². The highest BCUT2D eigenvalue weighted by molar-refractivity contribution is 5.85. The summed E-state index contributed by atoms with van der Waals surface area (Å²) >= 11 is 0. The first-order valence-corrected chi connectivity index (χ1v) is 10.4. The highest BCUT2D eigenvalue weighted by atomic mass is 16.2. The van der Waals surface area contributed by atoms with Crippen LogP contribution in [0.1, 0.15) is 31.2 Å². The maximum absolute atomic E-state index is 12.8. The number of nitrogens with zero attached hydrogens (tertiary/aromatic N) is 4. The Hall–Kier alpha value is -2.24. The van der Waals surface area contributed by atoms with Gasteiger partial charge in [-0.1, -0.05) is 25.0 Å². The van der Waals surface area contributed by atoms with E-state index in [1.54, 1.807) is 4.90 Å². The third-order valence-electron chi connectivity index (χ3n) is 6.16. The van der Waals surface area contributed by atoms with E-state index in [4.69, 9.17) is 0 Å². The smallest absolute Gasteiger partial charge is 0.230 e. The van der Waals surface area contributed by atoms with Crippen molar-refractivity contribution in [1.29, 1.82) is 0 Å². The predicted octanol–water partition coefficient (Wildman–Crippen LogP) is 2.34. The molecule has 1 amide bonds. The van der Waals surface area contributed by atoms with Crippen LogP contribution in [0.2, 0.25) is 0 Å². The number of carbonyl (C=O) groups is 1. The van der Waals surface area contributed by atoms with Crippen LogP contribution in [-0.4, -0.2) is 75.5 Å². The van der Waals surface area contributed by atoms with Crippen LogP contribution in [0.4, 0.5) is 5.69 Å². The molecule has 1 N–H and O–H groups in total. The Bertz CT molecular complexity index is 701. The van der Waals surface area contributed by atoms with Gasteiger partial charge in [-0.25, -0.2) is 0 Å². The molecule has 2 aliphatic rings. The normalized spacial score (nSPS) is 19.6. The molecule has 154 valence electrons. The Labute approximate surface area is 169 Å². The molecule has 0 radical (unpaired) electrons. The molecule has 0 unspecified atom stereocenters. The van der Waals surface area contributed by atoms with Crippen molar-refractivity contribution in [3.05, 3.63) is 29.8 Å². The maximum atomic E-state index is 12.8. The number of piperazine rings is 1. The van der Waals surface area contributed by atoms with E-state index in [2.05, 4.69) is 51.3 Å². The van der Waals surface area contributed by atoms with Crippen molar-refractivity contribution in [2.45, 2.75) is 32.6 Å². The molecule has 0 atom stereocenters. The second kappa shape index (κ2) is 8.84. The van der Waals surface area contributed by atoms with E-state index in [1.165, 1.54) is 11.3 Å². The summed E-state index contributed by atoms with van der Waals surface area (Å²) in [5, 5.41) is 3.53. The molecule has 0 spiro atoms. The van der Waals surface area contributed by atoms with E-state index < -0.39 is 0 Å². The minimum atomic E-state index is -0.275. The van der Waals surface area contributed by atoms with Crippen LogP contribution in [0.25, 0.3) is 0 Å². The number of aryl methyl sites for hydroxylation is 1. The number of hydrogen-bond acceptors (Lipinski definition) is 3. The van der Waals surface area contributed by atoms with Gasteiger partial charge in [0.15, 0.2) is 5.96 Å². The summed E-state index contributed by atoms with van der Waals surface area (Å²) in [4.78, 5) is 23.8. The lowest BCUT2D eigenvalue weighted by molar-refractivity contribution is -0.138. The molecule has 1 saturated heterocycles. The standard InChI is InChI=1S/C22H35N5O/c1-18-8-7-9-19(16-18)26-12-14-27(15-13-26)21(23-2)24-17-22(10-5-6-11-22)20(28)25(3)4/h7-9,16H,5-6,10-15,17H2,1-4H3,(H,23,24).